The third-order valence-corrected chi connectivity index (χ3v) is 5.11. The van der Waals surface area contributed by atoms with Crippen molar-refractivity contribution in [1.29, 1.82) is 0 Å². The third kappa shape index (κ3) is 4.62. The zero-order valence-electron chi connectivity index (χ0n) is 17.2. The van der Waals surface area contributed by atoms with Gasteiger partial charge in [-0.05, 0) is 35.2 Å². The first-order valence-electron chi connectivity index (χ1n) is 9.97. The molecule has 1 saturated heterocycles. The highest BCUT2D eigenvalue weighted by atomic mass is 15.4. The van der Waals surface area contributed by atoms with Gasteiger partial charge in [-0.15, -0.1) is 5.10 Å². The zero-order chi connectivity index (χ0) is 20.3. The van der Waals surface area contributed by atoms with Crippen LogP contribution in [0.4, 0.5) is 23.3 Å². The van der Waals surface area contributed by atoms with Crippen LogP contribution < -0.4 is 15.1 Å². The maximum absolute atomic E-state index is 4.67. The predicted octanol–water partition coefficient (Wildman–Crippen LogP) is 3.63. The van der Waals surface area contributed by atoms with E-state index in [0.29, 0.717) is 11.8 Å². The Labute approximate surface area is 171 Å². The largest absolute Gasteiger partial charge is 0.353 e. The molecule has 1 fully saturated rings. The van der Waals surface area contributed by atoms with Gasteiger partial charge in [-0.1, -0.05) is 39.0 Å². The SMILES string of the molecule is CC(C)(C)c1ccc(Nc2cnnc(N3CCN(c4ccccn4)CC3)n2)cc1. The van der Waals surface area contributed by atoms with Gasteiger partial charge in [0.2, 0.25) is 5.95 Å². The summed E-state index contributed by atoms with van der Waals surface area (Å²) in [5.41, 5.74) is 2.43. The Kier molecular flexibility index (Phi) is 5.29. The Morgan fingerprint density at radius 1 is 0.897 bits per heavy atom. The van der Waals surface area contributed by atoms with E-state index in [2.05, 4.69) is 80.3 Å². The van der Waals surface area contributed by atoms with Gasteiger partial charge in [0.15, 0.2) is 5.82 Å². The van der Waals surface area contributed by atoms with Gasteiger partial charge in [0.25, 0.3) is 0 Å². The van der Waals surface area contributed by atoms with Gasteiger partial charge in [0.05, 0.1) is 6.20 Å². The molecule has 1 aliphatic heterocycles. The van der Waals surface area contributed by atoms with Crippen LogP contribution in [0.1, 0.15) is 26.3 Å². The van der Waals surface area contributed by atoms with Crippen LogP contribution in [0.2, 0.25) is 0 Å². The van der Waals surface area contributed by atoms with Gasteiger partial charge < -0.3 is 15.1 Å². The van der Waals surface area contributed by atoms with E-state index in [1.807, 2.05) is 24.4 Å². The highest BCUT2D eigenvalue weighted by Gasteiger charge is 2.20. The molecule has 0 saturated carbocycles. The van der Waals surface area contributed by atoms with Crippen molar-refractivity contribution in [3.05, 3.63) is 60.4 Å². The lowest BCUT2D eigenvalue weighted by Gasteiger charge is -2.35. The van der Waals surface area contributed by atoms with Gasteiger partial charge in [0, 0.05) is 38.1 Å². The number of rotatable bonds is 4. The van der Waals surface area contributed by atoms with E-state index >= 15 is 0 Å². The molecule has 0 atom stereocenters. The minimum absolute atomic E-state index is 0.138. The molecular formula is C22H27N7. The molecule has 29 heavy (non-hydrogen) atoms. The molecule has 2 aromatic heterocycles. The molecule has 0 aliphatic carbocycles. The van der Waals surface area contributed by atoms with Crippen molar-refractivity contribution < 1.29 is 0 Å². The standard InChI is InChI=1S/C22H27N7/c1-22(2,3)17-7-9-18(10-8-17)25-19-16-24-27-21(26-19)29-14-12-28(13-15-29)20-6-4-5-11-23-20/h4-11,16H,12-15H2,1-3H3,(H,25,26,27). The molecule has 0 unspecified atom stereocenters. The molecule has 0 bridgehead atoms. The van der Waals surface area contributed by atoms with Crippen LogP contribution >= 0.6 is 0 Å². The second-order valence-electron chi connectivity index (χ2n) is 8.26. The average Bonchev–Trinajstić information content (AvgIpc) is 2.74. The minimum Gasteiger partial charge on any atom is -0.353 e. The Morgan fingerprint density at radius 2 is 1.62 bits per heavy atom. The van der Waals surface area contributed by atoms with Gasteiger partial charge >= 0.3 is 0 Å². The summed E-state index contributed by atoms with van der Waals surface area (Å²) in [6.45, 7) is 10.1. The number of piperazine rings is 1. The molecule has 0 amide bonds. The average molecular weight is 390 g/mol. The van der Waals surface area contributed by atoms with E-state index in [0.717, 1.165) is 37.7 Å². The molecule has 1 N–H and O–H groups in total. The molecule has 7 heteroatoms. The molecule has 1 aromatic carbocycles. The minimum atomic E-state index is 0.138. The van der Waals surface area contributed by atoms with Crippen molar-refractivity contribution in [3.63, 3.8) is 0 Å². The summed E-state index contributed by atoms with van der Waals surface area (Å²) in [6.07, 6.45) is 3.49. The summed E-state index contributed by atoms with van der Waals surface area (Å²) in [6, 6.07) is 14.5. The monoisotopic (exact) mass is 389 g/mol. The van der Waals surface area contributed by atoms with E-state index in [9.17, 15) is 0 Å². The first-order chi connectivity index (χ1) is 14.0. The van der Waals surface area contributed by atoms with Crippen LogP contribution in [0, 0.1) is 0 Å². The van der Waals surface area contributed by atoms with Gasteiger partial charge in [-0.25, -0.2) is 4.98 Å². The van der Waals surface area contributed by atoms with Crippen LogP contribution in [-0.2, 0) is 5.41 Å². The van der Waals surface area contributed by atoms with Crippen LogP contribution in [0.25, 0.3) is 0 Å². The smallest absolute Gasteiger partial charge is 0.247 e. The molecular weight excluding hydrogens is 362 g/mol. The number of hydrogen-bond donors (Lipinski definition) is 1. The first kappa shape index (κ1) is 19.1. The number of benzene rings is 1. The quantitative estimate of drug-likeness (QED) is 0.730. The Bertz CT molecular complexity index is 927. The number of nitrogens with zero attached hydrogens (tertiary/aromatic N) is 6. The molecule has 150 valence electrons. The summed E-state index contributed by atoms with van der Waals surface area (Å²) in [7, 11) is 0. The lowest BCUT2D eigenvalue weighted by atomic mass is 9.87. The summed E-state index contributed by atoms with van der Waals surface area (Å²) in [5, 5.41) is 11.7. The number of aromatic nitrogens is 4. The van der Waals surface area contributed by atoms with Gasteiger partial charge in [0.1, 0.15) is 5.82 Å². The highest BCUT2D eigenvalue weighted by Crippen LogP contribution is 2.25. The van der Waals surface area contributed by atoms with E-state index in [-0.39, 0.29) is 5.41 Å². The molecule has 3 aromatic rings. The maximum Gasteiger partial charge on any atom is 0.247 e. The van der Waals surface area contributed by atoms with Crippen LogP contribution in [-0.4, -0.2) is 46.3 Å². The normalized spacial score (nSPS) is 14.7. The Hall–Kier alpha value is -3.22. The highest BCUT2D eigenvalue weighted by molar-refractivity contribution is 5.57. The number of nitrogens with one attached hydrogen (secondary N) is 1. The molecule has 1 aliphatic rings. The van der Waals surface area contributed by atoms with E-state index < -0.39 is 0 Å². The third-order valence-electron chi connectivity index (χ3n) is 5.11. The number of pyridine rings is 1. The first-order valence-corrected chi connectivity index (χ1v) is 9.97. The van der Waals surface area contributed by atoms with E-state index in [1.54, 1.807) is 6.20 Å². The maximum atomic E-state index is 4.67. The molecule has 4 rings (SSSR count). The second kappa shape index (κ2) is 8.03. The van der Waals surface area contributed by atoms with Crippen molar-refractivity contribution in [2.24, 2.45) is 0 Å². The van der Waals surface area contributed by atoms with E-state index in [1.165, 1.54) is 5.56 Å². The van der Waals surface area contributed by atoms with Crippen molar-refractivity contribution in [2.75, 3.05) is 41.3 Å². The van der Waals surface area contributed by atoms with Crippen LogP contribution in [0.15, 0.2) is 54.9 Å². The summed E-state index contributed by atoms with van der Waals surface area (Å²) >= 11 is 0. The van der Waals surface area contributed by atoms with Crippen molar-refractivity contribution in [3.8, 4) is 0 Å². The molecule has 0 radical (unpaired) electrons. The fraction of sp³-hybridized carbons (Fsp3) is 0.364. The second-order valence-corrected chi connectivity index (χ2v) is 8.26. The van der Waals surface area contributed by atoms with Gasteiger partial charge in [-0.3, -0.25) is 0 Å². The van der Waals surface area contributed by atoms with Crippen LogP contribution in [0.3, 0.4) is 0 Å². The zero-order valence-corrected chi connectivity index (χ0v) is 17.2. The Morgan fingerprint density at radius 3 is 2.28 bits per heavy atom. The lowest BCUT2D eigenvalue weighted by molar-refractivity contribution is 0.590. The fourth-order valence-electron chi connectivity index (χ4n) is 3.37. The van der Waals surface area contributed by atoms with Crippen molar-refractivity contribution >= 4 is 23.3 Å². The summed E-state index contributed by atoms with van der Waals surface area (Å²) < 4.78 is 0. The lowest BCUT2D eigenvalue weighted by Crippen LogP contribution is -2.47. The topological polar surface area (TPSA) is 70.1 Å². The fourth-order valence-corrected chi connectivity index (χ4v) is 3.37. The molecule has 3 heterocycles. The van der Waals surface area contributed by atoms with Crippen LogP contribution in [0.5, 0.6) is 0 Å². The summed E-state index contributed by atoms with van der Waals surface area (Å²) in [5.74, 6) is 2.37. The number of anilines is 4. The molecule has 0 spiro atoms. The summed E-state index contributed by atoms with van der Waals surface area (Å²) in [4.78, 5) is 13.6. The van der Waals surface area contributed by atoms with Crippen molar-refractivity contribution in [2.45, 2.75) is 26.2 Å². The Balaban J connectivity index is 1.40. The predicted molar refractivity (Wildman–Crippen MR) is 117 cm³/mol. The van der Waals surface area contributed by atoms with E-state index in [4.69, 9.17) is 0 Å². The van der Waals surface area contributed by atoms with Gasteiger partial charge in [-0.2, -0.15) is 10.1 Å². The number of hydrogen-bond acceptors (Lipinski definition) is 7. The van der Waals surface area contributed by atoms with Crippen molar-refractivity contribution in [1.82, 2.24) is 20.2 Å². The molecule has 7 nitrogen and oxygen atoms in total.